The van der Waals surface area contributed by atoms with Crippen molar-refractivity contribution in [2.45, 2.75) is 69.1 Å². The van der Waals surface area contributed by atoms with E-state index in [4.69, 9.17) is 21.1 Å². The summed E-state index contributed by atoms with van der Waals surface area (Å²) in [6.07, 6.45) is 7.86. The smallest absolute Gasteiger partial charge is 0.319 e. The van der Waals surface area contributed by atoms with E-state index in [1.807, 2.05) is 0 Å². The maximum Gasteiger partial charge on any atom is 0.319 e. The molecule has 2 aromatic carbocycles. The van der Waals surface area contributed by atoms with E-state index in [0.29, 0.717) is 53.3 Å². The van der Waals surface area contributed by atoms with Crippen molar-refractivity contribution in [1.29, 1.82) is 0 Å². The minimum atomic E-state index is -1.65. The van der Waals surface area contributed by atoms with Crippen LogP contribution in [0.1, 0.15) is 49.8 Å². The number of pyridine rings is 1. The van der Waals surface area contributed by atoms with E-state index in [2.05, 4.69) is 21.1 Å². The van der Waals surface area contributed by atoms with Crippen LogP contribution in [-0.4, -0.2) is 70.3 Å². The first-order valence-electron chi connectivity index (χ1n) is 15.6. The van der Waals surface area contributed by atoms with Gasteiger partial charge in [-0.1, -0.05) is 30.2 Å². The van der Waals surface area contributed by atoms with Crippen LogP contribution in [0.15, 0.2) is 30.3 Å². The van der Waals surface area contributed by atoms with Crippen molar-refractivity contribution in [3.63, 3.8) is 0 Å². The molecule has 3 fully saturated rings. The number of ether oxygens (including phenoxy) is 1. The fourth-order valence-corrected chi connectivity index (χ4v) is 8.02. The molecule has 0 aliphatic carbocycles. The van der Waals surface area contributed by atoms with Gasteiger partial charge in [0.2, 0.25) is 0 Å². The lowest BCUT2D eigenvalue weighted by Gasteiger charge is -2.42. The average Bonchev–Trinajstić information content (AvgIpc) is 3.61. The van der Waals surface area contributed by atoms with Gasteiger partial charge in [-0.05, 0) is 69.5 Å². The SMILES string of the molecule is C#Cc1c(F)ccc2cccc(-c3nc4c5c(nc(OCC67CCCN6CCC7)nc5c3F)N3CC(F)NC(F)C3CCC4)c12. The molecule has 4 aliphatic rings. The summed E-state index contributed by atoms with van der Waals surface area (Å²) in [5.41, 5.74) is 0.644. The molecule has 4 aromatic rings. The molecule has 232 valence electrons. The van der Waals surface area contributed by atoms with Crippen molar-refractivity contribution in [2.24, 2.45) is 0 Å². The number of benzene rings is 2. The van der Waals surface area contributed by atoms with E-state index in [1.165, 1.54) is 6.07 Å². The lowest BCUT2D eigenvalue weighted by atomic mass is 9.94. The van der Waals surface area contributed by atoms with Crippen LogP contribution in [0.25, 0.3) is 32.9 Å². The third-order valence-corrected chi connectivity index (χ3v) is 10.1. The molecular weight excluding hydrogens is 584 g/mol. The fraction of sp³-hybridized carbons (Fsp3) is 0.441. The molecule has 0 amide bonds. The molecule has 0 spiro atoms. The first-order valence-corrected chi connectivity index (χ1v) is 15.6. The van der Waals surface area contributed by atoms with Gasteiger partial charge in [0.15, 0.2) is 18.4 Å². The molecule has 0 bridgehead atoms. The Morgan fingerprint density at radius 2 is 1.84 bits per heavy atom. The highest BCUT2D eigenvalue weighted by atomic mass is 19.2. The van der Waals surface area contributed by atoms with Gasteiger partial charge in [-0.15, -0.1) is 6.42 Å². The van der Waals surface area contributed by atoms with Crippen LogP contribution < -0.4 is 15.0 Å². The minimum Gasteiger partial charge on any atom is -0.461 e. The van der Waals surface area contributed by atoms with Crippen molar-refractivity contribution in [3.8, 4) is 29.6 Å². The van der Waals surface area contributed by atoms with Gasteiger partial charge in [-0.3, -0.25) is 10.2 Å². The Morgan fingerprint density at radius 1 is 1.02 bits per heavy atom. The standard InChI is InChI=1S/C34H32F4N6O/c1-2-20-22(35)12-11-19-7-3-8-21(26(19)20)29-28(37)30-27-23(39-29)9-4-10-24-31(38)40-25(36)17-44(24)32(27)42-33(41-30)45-18-34-13-5-15-43(34)16-6-14-34/h1,3,7-8,11-12,24-25,31,40H,4-6,9-10,13-18H2. The monoisotopic (exact) mass is 616 g/mol. The van der Waals surface area contributed by atoms with Gasteiger partial charge < -0.3 is 9.64 Å². The normalized spacial score (nSPS) is 24.2. The molecule has 11 heteroatoms. The van der Waals surface area contributed by atoms with E-state index in [9.17, 15) is 8.78 Å². The number of alkyl halides is 2. The van der Waals surface area contributed by atoms with Gasteiger partial charge in [0.25, 0.3) is 0 Å². The Hall–Kier alpha value is -4.01. The van der Waals surface area contributed by atoms with Gasteiger partial charge in [0, 0.05) is 10.9 Å². The topological polar surface area (TPSA) is 66.4 Å². The Labute approximate surface area is 258 Å². The second-order valence-corrected chi connectivity index (χ2v) is 12.6. The Bertz CT molecular complexity index is 1870. The van der Waals surface area contributed by atoms with Crippen molar-refractivity contribution < 1.29 is 22.3 Å². The lowest BCUT2D eigenvalue weighted by molar-refractivity contribution is 0.102. The number of halogens is 4. The zero-order valence-corrected chi connectivity index (χ0v) is 24.6. The predicted octanol–water partition coefficient (Wildman–Crippen LogP) is 5.82. The summed E-state index contributed by atoms with van der Waals surface area (Å²) >= 11 is 0. The maximum atomic E-state index is 16.9. The van der Waals surface area contributed by atoms with Crippen molar-refractivity contribution in [1.82, 2.24) is 25.2 Å². The van der Waals surface area contributed by atoms with Crippen LogP contribution in [0, 0.1) is 24.0 Å². The molecule has 45 heavy (non-hydrogen) atoms. The number of aryl methyl sites for hydroxylation is 1. The molecule has 3 atom stereocenters. The summed E-state index contributed by atoms with van der Waals surface area (Å²) in [6, 6.07) is 7.31. The van der Waals surface area contributed by atoms with E-state index in [-0.39, 0.29) is 40.7 Å². The molecule has 6 heterocycles. The first kappa shape index (κ1) is 28.5. The van der Waals surface area contributed by atoms with Gasteiger partial charge in [-0.2, -0.15) is 9.97 Å². The quantitative estimate of drug-likeness (QED) is 0.176. The van der Waals surface area contributed by atoms with Crippen LogP contribution in [-0.2, 0) is 6.42 Å². The predicted molar refractivity (Wildman–Crippen MR) is 163 cm³/mol. The number of terminal acetylenes is 1. The number of nitrogens with zero attached hydrogens (tertiary/aromatic N) is 5. The summed E-state index contributed by atoms with van der Waals surface area (Å²) in [7, 11) is 0. The fourth-order valence-electron chi connectivity index (χ4n) is 8.02. The molecule has 7 nitrogen and oxygen atoms in total. The van der Waals surface area contributed by atoms with Gasteiger partial charge >= 0.3 is 6.01 Å². The van der Waals surface area contributed by atoms with E-state index in [0.717, 1.165) is 38.8 Å². The third-order valence-electron chi connectivity index (χ3n) is 10.1. The minimum absolute atomic E-state index is 0.0167. The Kier molecular flexibility index (Phi) is 6.84. The first-order chi connectivity index (χ1) is 21.9. The largest absolute Gasteiger partial charge is 0.461 e. The van der Waals surface area contributed by atoms with Gasteiger partial charge in [-0.25, -0.2) is 22.5 Å². The zero-order chi connectivity index (χ0) is 30.9. The number of anilines is 1. The summed E-state index contributed by atoms with van der Waals surface area (Å²) in [5, 5.41) is 3.69. The van der Waals surface area contributed by atoms with Crippen molar-refractivity contribution >= 4 is 27.5 Å². The number of fused-ring (bicyclic) bond motifs is 4. The van der Waals surface area contributed by atoms with E-state index < -0.39 is 30.3 Å². The summed E-state index contributed by atoms with van der Waals surface area (Å²) in [6.45, 7) is 2.17. The lowest BCUT2D eigenvalue weighted by Crippen LogP contribution is -2.60. The molecule has 1 N–H and O–H groups in total. The number of hydrogen-bond acceptors (Lipinski definition) is 7. The van der Waals surface area contributed by atoms with Crippen LogP contribution in [0.5, 0.6) is 6.01 Å². The van der Waals surface area contributed by atoms with Crippen LogP contribution in [0.2, 0.25) is 0 Å². The summed E-state index contributed by atoms with van der Waals surface area (Å²) in [4.78, 5) is 18.1. The summed E-state index contributed by atoms with van der Waals surface area (Å²) in [5.74, 6) is 1.28. The van der Waals surface area contributed by atoms with E-state index >= 15 is 8.78 Å². The second-order valence-electron chi connectivity index (χ2n) is 12.6. The zero-order valence-electron chi connectivity index (χ0n) is 24.6. The van der Waals surface area contributed by atoms with Crippen LogP contribution in [0.4, 0.5) is 23.4 Å². The summed E-state index contributed by atoms with van der Waals surface area (Å²) < 4.78 is 68.2. The molecule has 0 saturated carbocycles. The maximum absolute atomic E-state index is 16.9. The van der Waals surface area contributed by atoms with Crippen LogP contribution in [0.3, 0.4) is 0 Å². The number of aromatic nitrogens is 3. The number of nitrogens with one attached hydrogen (secondary N) is 1. The Balaban J connectivity index is 1.35. The average molecular weight is 617 g/mol. The molecular formula is C34H32F4N6O. The number of rotatable bonds is 4. The molecule has 8 rings (SSSR count). The molecule has 0 radical (unpaired) electrons. The number of piperazine rings is 1. The van der Waals surface area contributed by atoms with Crippen molar-refractivity contribution in [2.75, 3.05) is 31.1 Å². The van der Waals surface area contributed by atoms with Gasteiger partial charge in [0.1, 0.15) is 29.5 Å². The third kappa shape index (κ3) is 4.52. The number of hydrogen-bond donors (Lipinski definition) is 1. The van der Waals surface area contributed by atoms with E-state index in [1.54, 1.807) is 29.2 Å². The second kappa shape index (κ2) is 10.8. The van der Waals surface area contributed by atoms with Crippen molar-refractivity contribution in [3.05, 3.63) is 53.2 Å². The molecule has 4 aliphatic heterocycles. The molecule has 3 saturated heterocycles. The van der Waals surface area contributed by atoms with Crippen LogP contribution >= 0.6 is 0 Å². The molecule has 2 aromatic heterocycles. The van der Waals surface area contributed by atoms with Gasteiger partial charge in [0.05, 0.1) is 34.8 Å². The highest BCUT2D eigenvalue weighted by Gasteiger charge is 2.45. The molecule has 3 unspecified atom stereocenters. The Morgan fingerprint density at radius 3 is 2.64 bits per heavy atom. The highest BCUT2D eigenvalue weighted by molar-refractivity contribution is 6.02. The highest BCUT2D eigenvalue weighted by Crippen LogP contribution is 2.42.